The molecule has 0 aliphatic rings. The normalized spacial score (nSPS) is 9.09. The molecule has 182 valence electrons. The summed E-state index contributed by atoms with van der Waals surface area (Å²) < 4.78 is 11.4. The Balaban J connectivity index is -0.000000490. The maximum atomic E-state index is 11.7. The van der Waals surface area contributed by atoms with Crippen molar-refractivity contribution in [2.75, 3.05) is 18.5 Å². The number of aromatic amines is 1. The first-order valence-electron chi connectivity index (χ1n) is 9.90. The minimum absolute atomic E-state index is 0. The van der Waals surface area contributed by atoms with Crippen LogP contribution in [0.5, 0.6) is 0 Å². The van der Waals surface area contributed by atoms with Gasteiger partial charge in [0, 0.05) is 23.3 Å². The molecule has 0 radical (unpaired) electrons. The number of carbonyl (C=O) groups is 2. The van der Waals surface area contributed by atoms with Crippen LogP contribution in [0.4, 0.5) is 0 Å². The number of hydrogen-bond donors (Lipinski definition) is 1. The smallest absolute Gasteiger partial charge is 1.00 e. The standard InChI is InChI=1S/C12H14ClNO2.C9H10ClNO2.C3H5Br.Na.H/c1-4-7-14-9(5-2)8-10(13)11(14)12(15)16-6-3;1-3-6-5-7(10)8(11-6)9(12)13-4-2;1-2-3-4;;/h4-5,8H,1-2,6-7H2,3H3;3,5,11H,1,4H2,2H3;2H,1,3H2;;/q;;;+1;-1. The molecule has 2 rings (SSSR count). The molecule has 2 aromatic rings. The van der Waals surface area contributed by atoms with E-state index in [-0.39, 0.29) is 36.7 Å². The van der Waals surface area contributed by atoms with Crippen LogP contribution in [0.25, 0.3) is 12.2 Å². The minimum Gasteiger partial charge on any atom is -1.00 e. The molecular weight excluding hydrogens is 554 g/mol. The maximum Gasteiger partial charge on any atom is 1.00 e. The molecule has 2 heterocycles. The summed E-state index contributed by atoms with van der Waals surface area (Å²) in [6, 6.07) is 3.31. The summed E-state index contributed by atoms with van der Waals surface area (Å²) in [7, 11) is 0. The molecule has 6 nitrogen and oxygen atoms in total. The molecule has 0 aliphatic heterocycles. The van der Waals surface area contributed by atoms with Crippen LogP contribution in [-0.2, 0) is 16.0 Å². The Morgan fingerprint density at radius 1 is 1.03 bits per heavy atom. The van der Waals surface area contributed by atoms with Gasteiger partial charge >= 0.3 is 41.5 Å². The zero-order valence-corrected chi connectivity index (χ0v) is 24.9. The Bertz CT molecular complexity index is 977. The first-order valence-corrected chi connectivity index (χ1v) is 11.8. The number of ether oxygens (including phenoxy) is 2. The molecule has 0 atom stereocenters. The van der Waals surface area contributed by atoms with Crippen molar-refractivity contribution < 1.29 is 50.0 Å². The van der Waals surface area contributed by atoms with Gasteiger partial charge in [-0.05, 0) is 38.1 Å². The van der Waals surface area contributed by atoms with Gasteiger partial charge in [0.1, 0.15) is 11.4 Å². The molecule has 1 N–H and O–H groups in total. The van der Waals surface area contributed by atoms with Crippen molar-refractivity contribution in [3.8, 4) is 0 Å². The number of hydrogen-bond acceptors (Lipinski definition) is 4. The first kappa shape index (κ1) is 34.7. The van der Waals surface area contributed by atoms with Crippen molar-refractivity contribution in [2.24, 2.45) is 0 Å². The van der Waals surface area contributed by atoms with E-state index in [2.05, 4.69) is 47.2 Å². The summed E-state index contributed by atoms with van der Waals surface area (Å²) in [4.78, 5) is 25.7. The number of H-pyrrole nitrogens is 1. The molecule has 0 saturated carbocycles. The number of nitrogens with one attached hydrogen (secondary N) is 1. The van der Waals surface area contributed by atoms with Gasteiger partial charge in [-0.1, -0.05) is 64.4 Å². The van der Waals surface area contributed by atoms with Gasteiger partial charge in [-0.2, -0.15) is 0 Å². The Morgan fingerprint density at radius 2 is 1.59 bits per heavy atom. The molecule has 0 bridgehead atoms. The summed E-state index contributed by atoms with van der Waals surface area (Å²) >= 11 is 14.9. The summed E-state index contributed by atoms with van der Waals surface area (Å²) in [6.07, 6.45) is 6.69. The van der Waals surface area contributed by atoms with E-state index in [1.54, 1.807) is 54.9 Å². The summed E-state index contributed by atoms with van der Waals surface area (Å²) in [5, 5.41) is 1.62. The zero-order valence-electron chi connectivity index (χ0n) is 20.8. The molecule has 0 aliphatic carbocycles. The van der Waals surface area contributed by atoms with E-state index in [0.717, 1.165) is 11.0 Å². The molecule has 34 heavy (non-hydrogen) atoms. The van der Waals surface area contributed by atoms with Crippen LogP contribution < -0.4 is 29.6 Å². The fraction of sp³-hybridized carbons (Fsp3) is 0.250. The second-order valence-corrected chi connectivity index (χ2v) is 7.37. The average molecular weight is 584 g/mol. The fourth-order valence-corrected chi connectivity index (χ4v) is 2.88. The molecule has 2 aromatic heterocycles. The second-order valence-electron chi connectivity index (χ2n) is 5.90. The maximum absolute atomic E-state index is 11.7. The van der Waals surface area contributed by atoms with Crippen molar-refractivity contribution in [1.29, 1.82) is 0 Å². The third kappa shape index (κ3) is 11.3. The summed E-state index contributed by atoms with van der Waals surface area (Å²) in [5.74, 6) is -0.872. The van der Waals surface area contributed by atoms with Crippen LogP contribution in [0.3, 0.4) is 0 Å². The molecule has 0 saturated heterocycles. The largest absolute Gasteiger partial charge is 1.00 e. The minimum atomic E-state index is -0.444. The first-order chi connectivity index (χ1) is 15.7. The SMILES string of the molecule is C=CCBr.C=CCn1c(C=C)cc(Cl)c1C(=O)OCC.C=Cc1cc(Cl)c(C(=O)OCC)[nH]1.[H-].[Na+]. The van der Waals surface area contributed by atoms with Gasteiger partial charge in [0.15, 0.2) is 0 Å². The molecule has 0 amide bonds. The van der Waals surface area contributed by atoms with Gasteiger partial charge in [0.2, 0.25) is 0 Å². The third-order valence-corrected chi connectivity index (χ3v) is 4.72. The van der Waals surface area contributed by atoms with Crippen molar-refractivity contribution in [1.82, 2.24) is 9.55 Å². The number of carbonyl (C=O) groups excluding carboxylic acids is 2. The van der Waals surface area contributed by atoms with Crippen LogP contribution in [0.1, 0.15) is 47.6 Å². The Hall–Kier alpha value is -1.48. The van der Waals surface area contributed by atoms with Crippen LogP contribution in [0.2, 0.25) is 10.0 Å². The number of nitrogens with zero attached hydrogens (tertiary/aromatic N) is 1. The molecule has 0 unspecified atom stereocenters. The van der Waals surface area contributed by atoms with Crippen molar-refractivity contribution in [2.45, 2.75) is 20.4 Å². The second kappa shape index (κ2) is 19.8. The van der Waals surface area contributed by atoms with Gasteiger partial charge in [-0.25, -0.2) is 9.59 Å². The number of alkyl halides is 1. The van der Waals surface area contributed by atoms with E-state index in [9.17, 15) is 9.59 Å². The molecule has 0 spiro atoms. The van der Waals surface area contributed by atoms with Gasteiger partial charge in [0.25, 0.3) is 0 Å². The van der Waals surface area contributed by atoms with Crippen LogP contribution in [0, 0.1) is 0 Å². The van der Waals surface area contributed by atoms with Crippen LogP contribution in [-0.4, -0.2) is 40.0 Å². The fourth-order valence-electron chi connectivity index (χ4n) is 2.35. The molecule has 0 fully saturated rings. The summed E-state index contributed by atoms with van der Waals surface area (Å²) in [6.45, 7) is 18.9. The van der Waals surface area contributed by atoms with Crippen LogP contribution in [0.15, 0.2) is 50.6 Å². The topological polar surface area (TPSA) is 73.3 Å². The van der Waals surface area contributed by atoms with Gasteiger partial charge in [0.05, 0.1) is 23.3 Å². The molecule has 0 aromatic carbocycles. The number of aromatic nitrogens is 2. The number of halogens is 3. The quantitative estimate of drug-likeness (QED) is 0.206. The van der Waals surface area contributed by atoms with E-state index in [0.29, 0.717) is 41.2 Å². The van der Waals surface area contributed by atoms with E-state index in [1.807, 2.05) is 0 Å². The molecule has 10 heteroatoms. The summed E-state index contributed by atoms with van der Waals surface area (Å²) in [5.41, 5.74) is 2.10. The average Bonchev–Trinajstić information content (AvgIpc) is 3.34. The van der Waals surface area contributed by atoms with Crippen molar-refractivity contribution in [3.05, 3.63) is 83.4 Å². The van der Waals surface area contributed by atoms with E-state index < -0.39 is 11.9 Å². The van der Waals surface area contributed by atoms with E-state index in [1.165, 1.54) is 0 Å². The Morgan fingerprint density at radius 3 is 2.00 bits per heavy atom. The third-order valence-electron chi connectivity index (χ3n) is 3.67. The Kier molecular flexibility index (Phi) is 20.2. The van der Waals surface area contributed by atoms with Gasteiger partial charge in [-0.3, -0.25) is 0 Å². The zero-order chi connectivity index (χ0) is 25.4. The van der Waals surface area contributed by atoms with E-state index in [4.69, 9.17) is 32.7 Å². The van der Waals surface area contributed by atoms with Crippen LogP contribution >= 0.6 is 39.1 Å². The number of allylic oxidation sites excluding steroid dienone is 2. The number of esters is 2. The predicted octanol–water partition coefficient (Wildman–Crippen LogP) is 4.32. The predicted molar refractivity (Wildman–Crippen MR) is 143 cm³/mol. The monoisotopic (exact) mass is 582 g/mol. The Labute approximate surface area is 243 Å². The van der Waals surface area contributed by atoms with Gasteiger partial charge < -0.3 is 20.5 Å². The van der Waals surface area contributed by atoms with Crippen molar-refractivity contribution in [3.63, 3.8) is 0 Å². The molecular formula is C24H30BrCl2N2NaO4. The van der Waals surface area contributed by atoms with Gasteiger partial charge in [-0.15, -0.1) is 13.2 Å². The van der Waals surface area contributed by atoms with E-state index >= 15 is 0 Å². The number of rotatable bonds is 9. The van der Waals surface area contributed by atoms with Crippen molar-refractivity contribution >= 4 is 63.2 Å².